The zero-order valence-corrected chi connectivity index (χ0v) is 22.7. The zero-order chi connectivity index (χ0) is 25.1. The van der Waals surface area contributed by atoms with Crippen LogP contribution in [0.4, 0.5) is 0 Å². The van der Waals surface area contributed by atoms with E-state index in [-0.39, 0.29) is 12.1 Å². The highest BCUT2D eigenvalue weighted by Crippen LogP contribution is 2.17. The molecule has 1 atom stereocenters. The molecule has 0 radical (unpaired) electrons. The topological polar surface area (TPSA) is 63.6 Å². The first-order chi connectivity index (χ1) is 16.6. The largest absolute Gasteiger partial charge is 0.481 e. The molecule has 0 amide bonds. The molecule has 0 aromatic heterocycles. The molecule has 34 heavy (non-hydrogen) atoms. The Bertz CT molecular complexity index is 486. The van der Waals surface area contributed by atoms with Gasteiger partial charge < -0.3 is 9.84 Å². The number of rotatable bonds is 26. The number of esters is 1. The van der Waals surface area contributed by atoms with Crippen molar-refractivity contribution in [2.75, 3.05) is 0 Å². The van der Waals surface area contributed by atoms with Gasteiger partial charge in [0.2, 0.25) is 0 Å². The number of carbonyl (C=O) groups is 2. The van der Waals surface area contributed by atoms with Gasteiger partial charge in [-0.2, -0.15) is 0 Å². The maximum absolute atomic E-state index is 12.2. The standard InChI is InChI=1S/C30H56O4/c1-3-5-6-7-8-9-10-11-12-17-20-23-27-30(33)34-28(24-4-2)25-21-18-15-13-14-16-19-22-26-29(31)32/h7-8,28H,3-6,9-27H2,1-2H3,(H,31,32)/b8-7-. The second kappa shape index (κ2) is 26.3. The Labute approximate surface area is 211 Å². The van der Waals surface area contributed by atoms with Gasteiger partial charge in [0.1, 0.15) is 6.10 Å². The highest BCUT2D eigenvalue weighted by atomic mass is 16.5. The molecule has 0 heterocycles. The predicted molar refractivity (Wildman–Crippen MR) is 144 cm³/mol. The van der Waals surface area contributed by atoms with Crippen LogP contribution in [0, 0.1) is 0 Å². The second-order valence-corrected chi connectivity index (χ2v) is 9.94. The van der Waals surface area contributed by atoms with E-state index < -0.39 is 5.97 Å². The molecule has 0 saturated carbocycles. The first-order valence-corrected chi connectivity index (χ1v) is 14.7. The molecule has 200 valence electrons. The summed E-state index contributed by atoms with van der Waals surface area (Å²) in [6.45, 7) is 4.39. The number of hydrogen-bond donors (Lipinski definition) is 1. The average molecular weight is 481 g/mol. The molecule has 0 fully saturated rings. The number of hydrogen-bond acceptors (Lipinski definition) is 3. The van der Waals surface area contributed by atoms with Crippen LogP contribution >= 0.6 is 0 Å². The quantitative estimate of drug-likeness (QED) is 0.0760. The summed E-state index contributed by atoms with van der Waals surface area (Å²) in [5.74, 6) is -0.688. The molecule has 1 N–H and O–H groups in total. The van der Waals surface area contributed by atoms with Crippen molar-refractivity contribution in [3.63, 3.8) is 0 Å². The molecule has 0 aliphatic carbocycles. The van der Waals surface area contributed by atoms with Crippen molar-refractivity contribution in [3.05, 3.63) is 12.2 Å². The third kappa shape index (κ3) is 25.3. The maximum atomic E-state index is 12.2. The van der Waals surface area contributed by atoms with E-state index >= 15 is 0 Å². The summed E-state index contributed by atoms with van der Waals surface area (Å²) in [4.78, 5) is 22.7. The molecule has 0 aromatic carbocycles. The van der Waals surface area contributed by atoms with E-state index in [1.807, 2.05) is 0 Å². The number of carbonyl (C=O) groups excluding carboxylic acids is 1. The number of unbranched alkanes of at least 4 members (excludes halogenated alkanes) is 15. The molecule has 0 saturated heterocycles. The fourth-order valence-corrected chi connectivity index (χ4v) is 4.33. The van der Waals surface area contributed by atoms with Crippen molar-refractivity contribution in [2.24, 2.45) is 0 Å². The Kier molecular flexibility index (Phi) is 25.3. The van der Waals surface area contributed by atoms with Crippen molar-refractivity contribution >= 4 is 11.9 Å². The van der Waals surface area contributed by atoms with Crippen molar-refractivity contribution in [2.45, 2.75) is 168 Å². The van der Waals surface area contributed by atoms with Crippen molar-refractivity contribution in [3.8, 4) is 0 Å². The van der Waals surface area contributed by atoms with Crippen LogP contribution in [0.1, 0.15) is 162 Å². The van der Waals surface area contributed by atoms with Crippen LogP contribution in [0.5, 0.6) is 0 Å². The van der Waals surface area contributed by atoms with E-state index in [9.17, 15) is 9.59 Å². The van der Waals surface area contributed by atoms with Gasteiger partial charge in [0.15, 0.2) is 0 Å². The van der Waals surface area contributed by atoms with E-state index in [0.717, 1.165) is 57.8 Å². The normalized spacial score (nSPS) is 12.3. The van der Waals surface area contributed by atoms with E-state index in [1.54, 1.807) is 0 Å². The van der Waals surface area contributed by atoms with E-state index in [4.69, 9.17) is 9.84 Å². The lowest BCUT2D eigenvalue weighted by Crippen LogP contribution is -2.18. The Morgan fingerprint density at radius 2 is 1.12 bits per heavy atom. The van der Waals surface area contributed by atoms with Crippen LogP contribution in [0.2, 0.25) is 0 Å². The fraction of sp³-hybridized carbons (Fsp3) is 0.867. The van der Waals surface area contributed by atoms with E-state index in [2.05, 4.69) is 26.0 Å². The predicted octanol–water partition coefficient (Wildman–Crippen LogP) is 9.55. The summed E-state index contributed by atoms with van der Waals surface area (Å²) in [5, 5.41) is 8.64. The minimum atomic E-state index is -0.686. The van der Waals surface area contributed by atoms with Gasteiger partial charge in [0, 0.05) is 12.8 Å². The number of ether oxygens (including phenoxy) is 1. The van der Waals surface area contributed by atoms with Gasteiger partial charge in [-0.3, -0.25) is 9.59 Å². The number of aliphatic carboxylic acids is 1. The van der Waals surface area contributed by atoms with Crippen LogP contribution in [0.15, 0.2) is 12.2 Å². The summed E-state index contributed by atoms with van der Waals surface area (Å²) in [6, 6.07) is 0. The molecular weight excluding hydrogens is 424 g/mol. The molecule has 0 spiro atoms. The molecule has 4 nitrogen and oxygen atoms in total. The first kappa shape index (κ1) is 32.7. The minimum absolute atomic E-state index is 0.00275. The molecule has 0 aliphatic rings. The summed E-state index contributed by atoms with van der Waals surface area (Å²) in [5.41, 5.74) is 0. The van der Waals surface area contributed by atoms with Gasteiger partial charge in [-0.15, -0.1) is 0 Å². The van der Waals surface area contributed by atoms with Crippen LogP contribution < -0.4 is 0 Å². The summed E-state index contributed by atoms with van der Waals surface area (Å²) in [6.07, 6.45) is 29.8. The third-order valence-corrected chi connectivity index (χ3v) is 6.47. The lowest BCUT2D eigenvalue weighted by atomic mass is 10.0. The number of allylic oxidation sites excluding steroid dienone is 2. The van der Waals surface area contributed by atoms with Crippen LogP contribution in [-0.4, -0.2) is 23.1 Å². The van der Waals surface area contributed by atoms with Gasteiger partial charge in [-0.1, -0.05) is 109 Å². The van der Waals surface area contributed by atoms with Gasteiger partial charge in [0.05, 0.1) is 0 Å². The molecule has 1 unspecified atom stereocenters. The number of carboxylic acid groups (broad SMARTS) is 1. The van der Waals surface area contributed by atoms with Crippen molar-refractivity contribution in [1.82, 2.24) is 0 Å². The maximum Gasteiger partial charge on any atom is 0.306 e. The minimum Gasteiger partial charge on any atom is -0.481 e. The molecule has 0 aliphatic heterocycles. The Morgan fingerprint density at radius 1 is 0.618 bits per heavy atom. The van der Waals surface area contributed by atoms with Gasteiger partial charge in [-0.05, 0) is 51.4 Å². The molecular formula is C30H56O4. The Morgan fingerprint density at radius 3 is 1.68 bits per heavy atom. The second-order valence-electron chi connectivity index (χ2n) is 9.94. The van der Waals surface area contributed by atoms with E-state index in [0.29, 0.717) is 12.8 Å². The summed E-state index contributed by atoms with van der Waals surface area (Å²) >= 11 is 0. The molecule has 4 heteroatoms. The van der Waals surface area contributed by atoms with Gasteiger partial charge in [-0.25, -0.2) is 0 Å². The molecule has 0 bridgehead atoms. The first-order valence-electron chi connectivity index (χ1n) is 14.7. The highest BCUT2D eigenvalue weighted by molar-refractivity contribution is 5.69. The van der Waals surface area contributed by atoms with Crippen molar-refractivity contribution in [1.29, 1.82) is 0 Å². The fourth-order valence-electron chi connectivity index (χ4n) is 4.33. The van der Waals surface area contributed by atoms with Crippen LogP contribution in [-0.2, 0) is 14.3 Å². The monoisotopic (exact) mass is 480 g/mol. The highest BCUT2D eigenvalue weighted by Gasteiger charge is 2.13. The number of carboxylic acids is 1. The SMILES string of the molecule is CCCC/C=C\CCCCCCCCC(=O)OC(CCC)CCCCCCCCCCC(=O)O. The zero-order valence-electron chi connectivity index (χ0n) is 22.7. The lowest BCUT2D eigenvalue weighted by Gasteiger charge is -2.17. The van der Waals surface area contributed by atoms with Crippen LogP contribution in [0.3, 0.4) is 0 Å². The Balaban J connectivity index is 3.61. The summed E-state index contributed by atoms with van der Waals surface area (Å²) in [7, 11) is 0. The van der Waals surface area contributed by atoms with Crippen LogP contribution in [0.25, 0.3) is 0 Å². The average Bonchev–Trinajstić information content (AvgIpc) is 2.80. The lowest BCUT2D eigenvalue weighted by molar-refractivity contribution is -0.150. The Hall–Kier alpha value is -1.32. The third-order valence-electron chi connectivity index (χ3n) is 6.47. The molecule has 0 aromatic rings. The van der Waals surface area contributed by atoms with E-state index in [1.165, 1.54) is 77.0 Å². The smallest absolute Gasteiger partial charge is 0.306 e. The van der Waals surface area contributed by atoms with Gasteiger partial charge in [0.25, 0.3) is 0 Å². The van der Waals surface area contributed by atoms with Crippen molar-refractivity contribution < 1.29 is 19.4 Å². The molecule has 0 rings (SSSR count). The van der Waals surface area contributed by atoms with Gasteiger partial charge >= 0.3 is 11.9 Å². The summed E-state index contributed by atoms with van der Waals surface area (Å²) < 4.78 is 5.79.